The number of hydrogen-bond acceptors (Lipinski definition) is 6. The van der Waals surface area contributed by atoms with Crippen molar-refractivity contribution in [3.63, 3.8) is 0 Å². The van der Waals surface area contributed by atoms with Crippen molar-refractivity contribution in [1.29, 1.82) is 0 Å². The molecule has 41 heavy (non-hydrogen) atoms. The summed E-state index contributed by atoms with van der Waals surface area (Å²) in [6.45, 7) is 8.65. The molecule has 3 aromatic rings. The van der Waals surface area contributed by atoms with Crippen LogP contribution in [0.1, 0.15) is 52.9 Å². The van der Waals surface area contributed by atoms with Gasteiger partial charge < -0.3 is 28.9 Å². The van der Waals surface area contributed by atoms with Gasteiger partial charge in [-0.25, -0.2) is 4.39 Å². The molecule has 5 rings (SSSR count). The van der Waals surface area contributed by atoms with E-state index in [9.17, 15) is 9.18 Å². The van der Waals surface area contributed by atoms with E-state index in [1.165, 1.54) is 17.8 Å². The van der Waals surface area contributed by atoms with Gasteiger partial charge in [0.05, 0.1) is 26.9 Å². The molecule has 218 valence electrons. The van der Waals surface area contributed by atoms with E-state index in [0.29, 0.717) is 37.7 Å². The molecule has 1 atom stereocenters. The average molecular weight is 562 g/mol. The van der Waals surface area contributed by atoms with Crippen LogP contribution in [0.15, 0.2) is 60.7 Å². The number of hydrogen-bond donors (Lipinski definition) is 0. The lowest BCUT2D eigenvalue weighted by Crippen LogP contribution is -2.46. The third-order valence-electron chi connectivity index (χ3n) is 8.22. The molecule has 2 aliphatic rings. The van der Waals surface area contributed by atoms with Crippen molar-refractivity contribution in [3.8, 4) is 11.5 Å². The van der Waals surface area contributed by atoms with Gasteiger partial charge in [-0.3, -0.25) is 4.79 Å². The fraction of sp³-hybridized carbons (Fsp3) is 0.424. The molecular weight excluding hydrogens is 521 g/mol. The monoisotopic (exact) mass is 561 g/mol. The van der Waals surface area contributed by atoms with Crippen molar-refractivity contribution in [2.45, 2.75) is 39.0 Å². The van der Waals surface area contributed by atoms with Gasteiger partial charge in [0, 0.05) is 56.1 Å². The number of methoxy groups -OCH3 is 2. The Morgan fingerprint density at radius 3 is 2.44 bits per heavy atom. The summed E-state index contributed by atoms with van der Waals surface area (Å²) in [5, 5.41) is 0. The van der Waals surface area contributed by atoms with Gasteiger partial charge in [0.15, 0.2) is 11.5 Å². The maximum absolute atomic E-state index is 13.9. The van der Waals surface area contributed by atoms with E-state index in [0.717, 1.165) is 61.4 Å². The molecule has 8 heteroatoms. The molecule has 1 amide bonds. The number of carbonyl (C=O) groups is 1. The molecule has 7 nitrogen and oxygen atoms in total. The first-order valence-electron chi connectivity index (χ1n) is 14.5. The fourth-order valence-corrected chi connectivity index (χ4v) is 5.95. The van der Waals surface area contributed by atoms with Crippen molar-refractivity contribution in [2.75, 3.05) is 58.5 Å². The summed E-state index contributed by atoms with van der Waals surface area (Å²) >= 11 is 0. The van der Waals surface area contributed by atoms with Crippen molar-refractivity contribution in [3.05, 3.63) is 88.7 Å². The van der Waals surface area contributed by atoms with Crippen LogP contribution in [0.5, 0.6) is 11.5 Å². The van der Waals surface area contributed by atoms with Crippen LogP contribution in [-0.4, -0.2) is 69.3 Å². The van der Waals surface area contributed by atoms with Crippen molar-refractivity contribution >= 4 is 11.6 Å². The molecule has 1 saturated heterocycles. The van der Waals surface area contributed by atoms with Crippen LogP contribution in [0.25, 0.3) is 0 Å². The zero-order valence-electron chi connectivity index (χ0n) is 24.3. The van der Waals surface area contributed by atoms with Gasteiger partial charge in [0.2, 0.25) is 0 Å². The first kappa shape index (κ1) is 28.9. The summed E-state index contributed by atoms with van der Waals surface area (Å²) < 4.78 is 30.5. The second-order valence-corrected chi connectivity index (χ2v) is 10.6. The first-order chi connectivity index (χ1) is 20.0. The predicted octanol–water partition coefficient (Wildman–Crippen LogP) is 5.68. The standard InChI is InChI=1S/C33H40FN3O4/c1-4-35-15-17-36(18-16-35)30-11-6-10-27-28(30)22-37(33(27)38)29(25-13-14-31(39-2)32(21-25)40-3)12-7-19-41-23-24-8-5-9-26(34)20-24/h5-6,8-11,13-14,20-21,29H,4,7,12,15-19,22-23H2,1-3H3/t29-/m1/s1. The van der Waals surface area contributed by atoms with Gasteiger partial charge in [0.25, 0.3) is 5.91 Å². The summed E-state index contributed by atoms with van der Waals surface area (Å²) in [6, 6.07) is 18.3. The minimum Gasteiger partial charge on any atom is -0.493 e. The molecule has 2 heterocycles. The molecule has 0 radical (unpaired) electrons. The number of halogens is 1. The number of rotatable bonds is 12. The first-order valence-corrected chi connectivity index (χ1v) is 14.5. The van der Waals surface area contributed by atoms with Gasteiger partial charge >= 0.3 is 0 Å². The lowest BCUT2D eigenvalue weighted by molar-refractivity contribution is 0.0660. The third-order valence-corrected chi connectivity index (χ3v) is 8.22. The van der Waals surface area contributed by atoms with Gasteiger partial charge in [0.1, 0.15) is 5.82 Å². The molecular formula is C33H40FN3O4. The number of carbonyl (C=O) groups excluding carboxylic acids is 1. The van der Waals surface area contributed by atoms with Crippen LogP contribution < -0.4 is 14.4 Å². The smallest absolute Gasteiger partial charge is 0.255 e. The molecule has 0 saturated carbocycles. The molecule has 0 aromatic heterocycles. The maximum Gasteiger partial charge on any atom is 0.255 e. The number of likely N-dealkylation sites (N-methyl/N-ethyl adjacent to an activating group) is 1. The Morgan fingerprint density at radius 1 is 0.927 bits per heavy atom. The largest absolute Gasteiger partial charge is 0.493 e. The van der Waals surface area contributed by atoms with Crippen LogP contribution in [0.4, 0.5) is 10.1 Å². The lowest BCUT2D eigenvalue weighted by Gasteiger charge is -2.36. The van der Waals surface area contributed by atoms with Gasteiger partial charge in [-0.2, -0.15) is 0 Å². The summed E-state index contributed by atoms with van der Waals surface area (Å²) in [4.78, 5) is 20.8. The molecule has 0 aliphatic carbocycles. The zero-order valence-corrected chi connectivity index (χ0v) is 24.3. The van der Waals surface area contributed by atoms with Crippen LogP contribution in [-0.2, 0) is 17.9 Å². The highest BCUT2D eigenvalue weighted by atomic mass is 19.1. The summed E-state index contributed by atoms with van der Waals surface area (Å²) in [5.74, 6) is 1.07. The topological polar surface area (TPSA) is 54.5 Å². The highest BCUT2D eigenvalue weighted by molar-refractivity contribution is 6.00. The fourth-order valence-electron chi connectivity index (χ4n) is 5.95. The minimum absolute atomic E-state index is 0.0505. The molecule has 3 aromatic carbocycles. The molecule has 0 spiro atoms. The predicted molar refractivity (Wildman–Crippen MR) is 158 cm³/mol. The van der Waals surface area contributed by atoms with E-state index >= 15 is 0 Å². The van der Waals surface area contributed by atoms with Gasteiger partial charge in [-0.05, 0) is 66.9 Å². The van der Waals surface area contributed by atoms with Crippen molar-refractivity contribution in [1.82, 2.24) is 9.80 Å². The molecule has 2 aliphatic heterocycles. The summed E-state index contributed by atoms with van der Waals surface area (Å²) in [6.07, 6.45) is 1.45. The molecule has 0 bridgehead atoms. The normalized spacial score (nSPS) is 16.1. The second-order valence-electron chi connectivity index (χ2n) is 10.6. The van der Waals surface area contributed by atoms with Gasteiger partial charge in [-0.15, -0.1) is 0 Å². The Bertz CT molecular complexity index is 1340. The van der Waals surface area contributed by atoms with E-state index < -0.39 is 0 Å². The number of nitrogens with zero attached hydrogens (tertiary/aromatic N) is 3. The van der Waals surface area contributed by atoms with Crippen LogP contribution in [0.3, 0.4) is 0 Å². The quantitative estimate of drug-likeness (QED) is 0.265. The average Bonchev–Trinajstić information content (AvgIpc) is 3.34. The Kier molecular flexibility index (Phi) is 9.42. The number of piperazine rings is 1. The van der Waals surface area contributed by atoms with Crippen LogP contribution in [0.2, 0.25) is 0 Å². The Labute approximate surface area is 242 Å². The van der Waals surface area contributed by atoms with E-state index in [2.05, 4.69) is 22.8 Å². The SMILES string of the molecule is CCN1CCN(c2cccc3c2CN([C@H](CCCOCc2cccc(F)c2)c2ccc(OC)c(OC)c2)C3=O)CC1. The summed E-state index contributed by atoms with van der Waals surface area (Å²) in [7, 11) is 3.24. The highest BCUT2D eigenvalue weighted by Gasteiger charge is 2.36. The highest BCUT2D eigenvalue weighted by Crippen LogP contribution is 2.40. The molecule has 0 unspecified atom stereocenters. The molecule has 1 fully saturated rings. The van der Waals surface area contributed by atoms with E-state index in [1.807, 2.05) is 41.3 Å². The van der Waals surface area contributed by atoms with Crippen LogP contribution in [0, 0.1) is 5.82 Å². The number of amides is 1. The van der Waals surface area contributed by atoms with E-state index in [4.69, 9.17) is 14.2 Å². The summed E-state index contributed by atoms with van der Waals surface area (Å²) in [5.41, 5.74) is 4.85. The van der Waals surface area contributed by atoms with Crippen LogP contribution >= 0.6 is 0 Å². The Morgan fingerprint density at radius 2 is 1.71 bits per heavy atom. The number of benzene rings is 3. The third kappa shape index (κ3) is 6.49. The molecule has 0 N–H and O–H groups in total. The Hall–Kier alpha value is -3.62. The lowest BCUT2D eigenvalue weighted by atomic mass is 9.99. The number of anilines is 1. The van der Waals surface area contributed by atoms with E-state index in [1.54, 1.807) is 20.3 Å². The van der Waals surface area contributed by atoms with Crippen molar-refractivity contribution < 1.29 is 23.4 Å². The van der Waals surface area contributed by atoms with E-state index in [-0.39, 0.29) is 17.8 Å². The number of fused-ring (bicyclic) bond motifs is 1. The van der Waals surface area contributed by atoms with Gasteiger partial charge in [-0.1, -0.05) is 31.2 Å². The zero-order chi connectivity index (χ0) is 28.8. The maximum atomic E-state index is 13.9. The number of ether oxygens (including phenoxy) is 3. The minimum atomic E-state index is -0.265. The van der Waals surface area contributed by atoms with Crippen molar-refractivity contribution in [2.24, 2.45) is 0 Å². The second kappa shape index (κ2) is 13.4. The Balaban J connectivity index is 1.35.